The SMILES string of the molecule is CCCCCCC(C)(CN)NC(C)CC(C)O. The second-order valence-electron chi connectivity index (χ2n) is 5.71. The van der Waals surface area contributed by atoms with Crippen LogP contribution >= 0.6 is 0 Å². The first-order valence-electron chi connectivity index (χ1n) is 7.09. The first kappa shape index (κ1) is 16.9. The molecule has 0 aromatic carbocycles. The summed E-state index contributed by atoms with van der Waals surface area (Å²) in [6, 6.07) is 0.315. The maximum atomic E-state index is 9.37. The topological polar surface area (TPSA) is 58.3 Å². The third-order valence-corrected chi connectivity index (χ3v) is 3.32. The van der Waals surface area contributed by atoms with Crippen molar-refractivity contribution in [3.05, 3.63) is 0 Å². The van der Waals surface area contributed by atoms with Crippen LogP contribution in [0.3, 0.4) is 0 Å². The number of hydrogen-bond donors (Lipinski definition) is 3. The van der Waals surface area contributed by atoms with Crippen LogP contribution < -0.4 is 11.1 Å². The van der Waals surface area contributed by atoms with E-state index >= 15 is 0 Å². The van der Waals surface area contributed by atoms with E-state index in [1.54, 1.807) is 0 Å². The molecule has 0 radical (unpaired) electrons. The Morgan fingerprint density at radius 3 is 2.35 bits per heavy atom. The highest BCUT2D eigenvalue weighted by molar-refractivity contribution is 4.86. The van der Waals surface area contributed by atoms with Crippen molar-refractivity contribution in [3.63, 3.8) is 0 Å². The van der Waals surface area contributed by atoms with Crippen molar-refractivity contribution in [3.8, 4) is 0 Å². The monoisotopic (exact) mass is 244 g/mol. The second-order valence-corrected chi connectivity index (χ2v) is 5.71. The summed E-state index contributed by atoms with van der Waals surface area (Å²) in [7, 11) is 0. The molecule has 0 aliphatic carbocycles. The maximum Gasteiger partial charge on any atom is 0.0526 e. The van der Waals surface area contributed by atoms with Gasteiger partial charge >= 0.3 is 0 Å². The lowest BCUT2D eigenvalue weighted by Crippen LogP contribution is -2.52. The minimum atomic E-state index is -0.250. The lowest BCUT2D eigenvalue weighted by molar-refractivity contribution is 0.159. The molecule has 4 N–H and O–H groups in total. The van der Waals surface area contributed by atoms with Gasteiger partial charge in [0, 0.05) is 18.1 Å². The Balaban J connectivity index is 3.99. The highest BCUT2D eigenvalue weighted by Gasteiger charge is 2.23. The quantitative estimate of drug-likeness (QED) is 0.517. The molecule has 0 aromatic rings. The van der Waals surface area contributed by atoms with Gasteiger partial charge in [0.05, 0.1) is 6.10 Å². The Morgan fingerprint density at radius 1 is 1.24 bits per heavy atom. The molecule has 0 aromatic heterocycles. The second kappa shape index (κ2) is 8.90. The van der Waals surface area contributed by atoms with Gasteiger partial charge in [-0.1, -0.05) is 32.6 Å². The van der Waals surface area contributed by atoms with E-state index in [1.165, 1.54) is 25.7 Å². The summed E-state index contributed by atoms with van der Waals surface area (Å²) in [5.41, 5.74) is 5.89. The van der Waals surface area contributed by atoms with Crippen molar-refractivity contribution in [2.45, 2.75) is 83.9 Å². The zero-order chi connectivity index (χ0) is 13.3. The smallest absolute Gasteiger partial charge is 0.0526 e. The van der Waals surface area contributed by atoms with Crippen LogP contribution in [0.25, 0.3) is 0 Å². The third-order valence-electron chi connectivity index (χ3n) is 3.32. The molecule has 0 heterocycles. The van der Waals surface area contributed by atoms with Gasteiger partial charge in [-0.05, 0) is 33.6 Å². The summed E-state index contributed by atoms with van der Waals surface area (Å²) >= 11 is 0. The van der Waals surface area contributed by atoms with Crippen molar-refractivity contribution in [2.75, 3.05) is 6.54 Å². The molecule has 0 bridgehead atoms. The molecule has 0 saturated heterocycles. The van der Waals surface area contributed by atoms with Gasteiger partial charge in [0.2, 0.25) is 0 Å². The molecule has 0 fully saturated rings. The Hall–Kier alpha value is -0.120. The molecule has 3 atom stereocenters. The normalized spacial score (nSPS) is 18.7. The Kier molecular flexibility index (Phi) is 8.83. The van der Waals surface area contributed by atoms with Crippen LogP contribution in [0.1, 0.15) is 66.2 Å². The fourth-order valence-electron chi connectivity index (χ4n) is 2.34. The van der Waals surface area contributed by atoms with Gasteiger partial charge in [-0.15, -0.1) is 0 Å². The van der Waals surface area contributed by atoms with E-state index in [0.29, 0.717) is 12.6 Å². The Morgan fingerprint density at radius 2 is 1.88 bits per heavy atom. The van der Waals surface area contributed by atoms with Gasteiger partial charge in [-0.2, -0.15) is 0 Å². The number of unbranched alkanes of at least 4 members (excludes halogenated alkanes) is 3. The molecule has 3 unspecified atom stereocenters. The van der Waals surface area contributed by atoms with Gasteiger partial charge in [0.25, 0.3) is 0 Å². The van der Waals surface area contributed by atoms with E-state index in [9.17, 15) is 5.11 Å². The van der Waals surface area contributed by atoms with Crippen molar-refractivity contribution in [2.24, 2.45) is 5.73 Å². The van der Waals surface area contributed by atoms with Gasteiger partial charge in [0.15, 0.2) is 0 Å². The van der Waals surface area contributed by atoms with E-state index in [4.69, 9.17) is 5.73 Å². The molecule has 17 heavy (non-hydrogen) atoms. The highest BCUT2D eigenvalue weighted by atomic mass is 16.3. The molecule has 104 valence electrons. The number of rotatable bonds is 10. The number of nitrogens with two attached hydrogens (primary N) is 1. The van der Waals surface area contributed by atoms with Crippen LogP contribution in [-0.2, 0) is 0 Å². The molecular weight excluding hydrogens is 212 g/mol. The first-order valence-corrected chi connectivity index (χ1v) is 7.09. The number of aliphatic hydroxyl groups excluding tert-OH is 1. The summed E-state index contributed by atoms with van der Waals surface area (Å²) in [6.45, 7) is 9.03. The molecule has 0 saturated carbocycles. The van der Waals surface area contributed by atoms with E-state index in [0.717, 1.165) is 12.8 Å². The van der Waals surface area contributed by atoms with Gasteiger partial charge in [-0.25, -0.2) is 0 Å². The van der Waals surface area contributed by atoms with Crippen LogP contribution in [0.5, 0.6) is 0 Å². The summed E-state index contributed by atoms with van der Waals surface area (Å²) < 4.78 is 0. The molecule has 0 aliphatic heterocycles. The average Bonchev–Trinajstić information content (AvgIpc) is 2.23. The number of nitrogens with one attached hydrogen (secondary N) is 1. The lowest BCUT2D eigenvalue weighted by Gasteiger charge is -2.33. The lowest BCUT2D eigenvalue weighted by atomic mass is 9.92. The molecule has 0 aliphatic rings. The van der Waals surface area contributed by atoms with Gasteiger partial charge in [-0.3, -0.25) is 0 Å². The molecule has 3 nitrogen and oxygen atoms in total. The average molecular weight is 244 g/mol. The van der Waals surface area contributed by atoms with E-state index in [1.807, 2.05) is 6.92 Å². The van der Waals surface area contributed by atoms with Crippen LogP contribution in [-0.4, -0.2) is 29.3 Å². The molecule has 0 amide bonds. The highest BCUT2D eigenvalue weighted by Crippen LogP contribution is 2.16. The van der Waals surface area contributed by atoms with Gasteiger partial charge in [0.1, 0.15) is 0 Å². The fourth-order valence-corrected chi connectivity index (χ4v) is 2.34. The first-order chi connectivity index (χ1) is 7.93. The Labute approximate surface area is 107 Å². The van der Waals surface area contributed by atoms with E-state index in [-0.39, 0.29) is 11.6 Å². The predicted molar refractivity (Wildman–Crippen MR) is 75.1 cm³/mol. The van der Waals surface area contributed by atoms with Crippen LogP contribution in [0.2, 0.25) is 0 Å². The molecule has 0 spiro atoms. The van der Waals surface area contributed by atoms with Crippen LogP contribution in [0.4, 0.5) is 0 Å². The van der Waals surface area contributed by atoms with Crippen LogP contribution in [0.15, 0.2) is 0 Å². The molecule has 3 heteroatoms. The summed E-state index contributed by atoms with van der Waals surface area (Å²) in [5.74, 6) is 0. The maximum absolute atomic E-state index is 9.37. The number of hydrogen-bond acceptors (Lipinski definition) is 3. The van der Waals surface area contributed by atoms with Crippen molar-refractivity contribution >= 4 is 0 Å². The van der Waals surface area contributed by atoms with Crippen molar-refractivity contribution in [1.29, 1.82) is 0 Å². The third kappa shape index (κ3) is 8.58. The fraction of sp³-hybridized carbons (Fsp3) is 1.00. The van der Waals surface area contributed by atoms with E-state index in [2.05, 4.69) is 26.1 Å². The van der Waals surface area contributed by atoms with Crippen LogP contribution in [0, 0.1) is 0 Å². The van der Waals surface area contributed by atoms with Crippen molar-refractivity contribution in [1.82, 2.24) is 5.32 Å². The molecule has 0 rings (SSSR count). The largest absolute Gasteiger partial charge is 0.393 e. The summed E-state index contributed by atoms with van der Waals surface area (Å²) in [6.07, 6.45) is 6.75. The molecular formula is C14H32N2O. The zero-order valence-corrected chi connectivity index (χ0v) is 12.1. The van der Waals surface area contributed by atoms with Crippen molar-refractivity contribution < 1.29 is 5.11 Å². The minimum absolute atomic E-state index is 0.0159. The van der Waals surface area contributed by atoms with Gasteiger partial charge < -0.3 is 16.2 Å². The van der Waals surface area contributed by atoms with E-state index < -0.39 is 0 Å². The minimum Gasteiger partial charge on any atom is -0.393 e. The number of aliphatic hydroxyl groups is 1. The Bertz CT molecular complexity index is 185. The summed E-state index contributed by atoms with van der Waals surface area (Å²) in [5, 5.41) is 12.9. The summed E-state index contributed by atoms with van der Waals surface area (Å²) in [4.78, 5) is 0. The zero-order valence-electron chi connectivity index (χ0n) is 12.1. The standard InChI is InChI=1S/C14H32N2O/c1-5-6-7-8-9-14(4,11-15)16-12(2)10-13(3)17/h12-13,16-17H,5-11,15H2,1-4H3. The predicted octanol–water partition coefficient (Wildman–Crippen LogP) is 2.42.